The molecule has 0 fully saturated rings. The summed E-state index contributed by atoms with van der Waals surface area (Å²) in [5.74, 6) is -2.89. The van der Waals surface area contributed by atoms with Crippen molar-refractivity contribution < 1.29 is 35.1 Å². The van der Waals surface area contributed by atoms with E-state index in [0.29, 0.717) is 68.8 Å². The van der Waals surface area contributed by atoms with Crippen molar-refractivity contribution in [3.63, 3.8) is 0 Å². The van der Waals surface area contributed by atoms with Gasteiger partial charge in [-0.1, -0.05) is 36.4 Å². The molecule has 0 aliphatic heterocycles. The first-order valence-electron chi connectivity index (χ1n) is 15.1. The third-order valence-corrected chi connectivity index (χ3v) is 9.07. The predicted molar refractivity (Wildman–Crippen MR) is 176 cm³/mol. The third-order valence-electron chi connectivity index (χ3n) is 9.07. The number of nitriles is 3. The summed E-state index contributed by atoms with van der Waals surface area (Å²) in [7, 11) is 0. The van der Waals surface area contributed by atoms with Crippen LogP contribution in [0.15, 0.2) is 96.1 Å². The zero-order chi connectivity index (χ0) is 37.3. The highest BCUT2D eigenvalue weighted by Gasteiger charge is 2.37. The van der Waals surface area contributed by atoms with E-state index >= 15 is 0 Å². The molecule has 0 heterocycles. The van der Waals surface area contributed by atoms with Crippen LogP contribution < -0.4 is 0 Å². The van der Waals surface area contributed by atoms with Gasteiger partial charge in [-0.15, -0.1) is 0 Å². The zero-order valence-electron chi connectivity index (χ0n) is 26.0. The molecular formula is C40H16F8N4. The van der Waals surface area contributed by atoms with Crippen LogP contribution in [0.2, 0.25) is 0 Å². The quantitative estimate of drug-likeness (QED) is 0.113. The highest BCUT2D eigenvalue weighted by atomic mass is 19.4. The van der Waals surface area contributed by atoms with Crippen LogP contribution >= 0.6 is 0 Å². The van der Waals surface area contributed by atoms with Crippen molar-refractivity contribution in [2.75, 3.05) is 0 Å². The number of allylic oxidation sites excluding steroid dienone is 2. The number of rotatable bonds is 3. The molecule has 0 radical (unpaired) electrons. The van der Waals surface area contributed by atoms with E-state index in [9.17, 15) is 50.9 Å². The summed E-state index contributed by atoms with van der Waals surface area (Å²) in [5.41, 5.74) is 1.41. The van der Waals surface area contributed by atoms with Gasteiger partial charge < -0.3 is 5.41 Å². The van der Waals surface area contributed by atoms with Gasteiger partial charge >= 0.3 is 12.4 Å². The maximum Gasteiger partial charge on any atom is 0.419 e. The van der Waals surface area contributed by atoms with Crippen molar-refractivity contribution in [1.29, 1.82) is 21.2 Å². The summed E-state index contributed by atoms with van der Waals surface area (Å²) in [5, 5.41) is 38.0. The molecule has 4 nitrogen and oxygen atoms in total. The molecule has 0 bridgehead atoms. The van der Waals surface area contributed by atoms with Gasteiger partial charge in [0.15, 0.2) is 0 Å². The summed E-state index contributed by atoms with van der Waals surface area (Å²) < 4.78 is 109. The lowest BCUT2D eigenvalue weighted by molar-refractivity contribution is -0.140. The SMILES string of the molecule is N#CC(C#N)=C1c2cc(-c3ccc(F)c(C(F)(F)F)c3)ccc2-c2cc3c(cc21)-c1ccc(-c2ccc(F)c(C(F)(F)F)c2)cc1/C3=C(\C#N)C=N. The predicted octanol–water partition coefficient (Wildman–Crippen LogP) is 11.1. The minimum Gasteiger partial charge on any atom is -0.307 e. The van der Waals surface area contributed by atoms with E-state index in [1.54, 1.807) is 24.3 Å². The summed E-state index contributed by atoms with van der Waals surface area (Å²) in [6.45, 7) is 0. The lowest BCUT2D eigenvalue weighted by Gasteiger charge is -2.12. The van der Waals surface area contributed by atoms with Gasteiger partial charge in [0.1, 0.15) is 35.4 Å². The molecule has 12 heteroatoms. The fraction of sp³-hybridized carbons (Fsp3) is 0.0500. The van der Waals surface area contributed by atoms with E-state index in [0.717, 1.165) is 6.21 Å². The number of fused-ring (bicyclic) bond motifs is 6. The van der Waals surface area contributed by atoms with E-state index < -0.39 is 35.1 Å². The van der Waals surface area contributed by atoms with Gasteiger partial charge in [0.05, 0.1) is 16.7 Å². The molecule has 0 aromatic heterocycles. The van der Waals surface area contributed by atoms with Gasteiger partial charge in [-0.2, -0.15) is 42.1 Å². The molecular weight excluding hydrogens is 688 g/mol. The van der Waals surface area contributed by atoms with Gasteiger partial charge in [-0.25, -0.2) is 8.78 Å². The van der Waals surface area contributed by atoms with Crippen LogP contribution in [0.3, 0.4) is 0 Å². The van der Waals surface area contributed by atoms with E-state index in [1.165, 1.54) is 36.4 Å². The van der Waals surface area contributed by atoms with Crippen LogP contribution in [0.5, 0.6) is 0 Å². The molecule has 0 saturated carbocycles. The van der Waals surface area contributed by atoms with E-state index in [2.05, 4.69) is 0 Å². The Morgan fingerprint density at radius 3 is 1.27 bits per heavy atom. The average molecular weight is 705 g/mol. The monoisotopic (exact) mass is 704 g/mol. The number of hydrogen-bond donors (Lipinski definition) is 1. The van der Waals surface area contributed by atoms with Gasteiger partial charge in [0, 0.05) is 17.4 Å². The number of halogens is 8. The Hall–Kier alpha value is -6.84. The fourth-order valence-electron chi connectivity index (χ4n) is 6.78. The molecule has 2 aliphatic carbocycles. The molecule has 7 rings (SSSR count). The largest absolute Gasteiger partial charge is 0.419 e. The summed E-state index contributed by atoms with van der Waals surface area (Å²) >= 11 is 0. The first-order valence-corrected chi connectivity index (χ1v) is 15.1. The Kier molecular flexibility index (Phi) is 7.70. The number of benzene rings is 5. The van der Waals surface area contributed by atoms with Gasteiger partial charge in [0.2, 0.25) is 0 Å². The molecule has 0 spiro atoms. The van der Waals surface area contributed by atoms with Crippen LogP contribution in [0.1, 0.15) is 33.4 Å². The fourth-order valence-corrected chi connectivity index (χ4v) is 6.78. The molecule has 252 valence electrons. The highest BCUT2D eigenvalue weighted by molar-refractivity contribution is 6.14. The zero-order valence-corrected chi connectivity index (χ0v) is 26.0. The Bertz CT molecular complexity index is 2610. The van der Waals surface area contributed by atoms with E-state index in [4.69, 9.17) is 5.41 Å². The topological polar surface area (TPSA) is 95.2 Å². The Balaban J connectivity index is 1.44. The van der Waals surface area contributed by atoms with Crippen molar-refractivity contribution in [1.82, 2.24) is 0 Å². The van der Waals surface area contributed by atoms with Crippen molar-refractivity contribution in [3.05, 3.63) is 141 Å². The van der Waals surface area contributed by atoms with Crippen LogP contribution in [-0.4, -0.2) is 6.21 Å². The second-order valence-corrected chi connectivity index (χ2v) is 11.9. The van der Waals surface area contributed by atoms with Crippen LogP contribution in [0.4, 0.5) is 35.1 Å². The highest BCUT2D eigenvalue weighted by Crippen LogP contribution is 2.54. The molecule has 0 atom stereocenters. The van der Waals surface area contributed by atoms with Crippen LogP contribution in [0.25, 0.3) is 55.7 Å². The molecule has 0 saturated heterocycles. The van der Waals surface area contributed by atoms with Gasteiger partial charge in [-0.05, 0) is 115 Å². The van der Waals surface area contributed by atoms with Crippen molar-refractivity contribution >= 4 is 17.4 Å². The third kappa shape index (κ3) is 5.23. The minimum absolute atomic E-state index is 0.0351. The maximum atomic E-state index is 14.1. The Labute approximate surface area is 289 Å². The molecule has 5 aromatic rings. The Morgan fingerprint density at radius 1 is 0.481 bits per heavy atom. The lowest BCUT2D eigenvalue weighted by Crippen LogP contribution is -2.08. The Morgan fingerprint density at radius 2 is 0.865 bits per heavy atom. The number of hydrogen-bond acceptors (Lipinski definition) is 4. The lowest BCUT2D eigenvalue weighted by atomic mass is 9.93. The van der Waals surface area contributed by atoms with Crippen LogP contribution in [0, 0.1) is 51.0 Å². The van der Waals surface area contributed by atoms with Crippen molar-refractivity contribution in [2.45, 2.75) is 12.4 Å². The second-order valence-electron chi connectivity index (χ2n) is 11.9. The van der Waals surface area contributed by atoms with E-state index in [-0.39, 0.29) is 44.5 Å². The molecule has 0 amide bonds. The first-order chi connectivity index (χ1) is 24.7. The van der Waals surface area contributed by atoms with Crippen molar-refractivity contribution in [2.24, 2.45) is 0 Å². The van der Waals surface area contributed by atoms with Gasteiger partial charge in [-0.3, -0.25) is 0 Å². The summed E-state index contributed by atoms with van der Waals surface area (Å²) in [6, 6.07) is 23.5. The number of nitrogens with one attached hydrogen (secondary N) is 1. The molecule has 52 heavy (non-hydrogen) atoms. The van der Waals surface area contributed by atoms with Gasteiger partial charge in [0.25, 0.3) is 0 Å². The summed E-state index contributed by atoms with van der Waals surface area (Å²) in [6.07, 6.45) is -9.08. The normalized spacial score (nSPS) is 13.6. The van der Waals surface area contributed by atoms with Crippen molar-refractivity contribution in [3.8, 4) is 62.7 Å². The van der Waals surface area contributed by atoms with Crippen LogP contribution in [-0.2, 0) is 12.4 Å². The first kappa shape index (κ1) is 33.6. The smallest absolute Gasteiger partial charge is 0.307 e. The number of nitrogens with zero attached hydrogens (tertiary/aromatic N) is 3. The molecule has 0 unspecified atom stereocenters. The number of alkyl halides is 6. The van der Waals surface area contributed by atoms with E-state index in [1.807, 2.05) is 18.2 Å². The minimum atomic E-state index is -4.96. The standard InChI is InChI=1S/C40H16F8N4/c41-35-7-3-21(11-33(35)39(43,44)45)19-1-5-25-27-13-32-28(14-31(27)37(29(25)9-19)23(15-49)16-50)26-6-2-20(10-30(26)38(32)24(17-51)18-52)22-4-8-36(42)34(12-22)40(46,47)48/h1-15,49H/b37-23+,49-15?. The molecule has 1 N–H and O–H groups in total. The second kappa shape index (κ2) is 11.9. The molecule has 2 aliphatic rings. The maximum absolute atomic E-state index is 14.1. The molecule has 5 aromatic carbocycles. The average Bonchev–Trinajstić information content (AvgIpc) is 3.59. The summed E-state index contributed by atoms with van der Waals surface area (Å²) in [4.78, 5) is 0.